The number of aromatic nitrogens is 1. The minimum Gasteiger partial charge on any atom is -0.352 e. The van der Waals surface area contributed by atoms with Crippen LogP contribution < -0.4 is 16.0 Å². The van der Waals surface area contributed by atoms with Crippen LogP contribution in [-0.2, 0) is 4.79 Å². The Hall–Kier alpha value is -1.62. The molecule has 1 aromatic rings. The molecular formula is C14H24N4O. The summed E-state index contributed by atoms with van der Waals surface area (Å²) in [5, 5.41) is 2.77. The maximum Gasteiger partial charge on any atom is 0.225 e. The number of amides is 1. The van der Waals surface area contributed by atoms with E-state index in [4.69, 9.17) is 5.73 Å². The molecule has 1 heterocycles. The third kappa shape index (κ3) is 4.52. The molecule has 0 saturated carbocycles. The van der Waals surface area contributed by atoms with E-state index in [9.17, 15) is 4.79 Å². The second kappa shape index (κ2) is 6.52. The lowest BCUT2D eigenvalue weighted by molar-refractivity contribution is -0.116. The van der Waals surface area contributed by atoms with Crippen molar-refractivity contribution in [3.05, 3.63) is 18.3 Å². The van der Waals surface area contributed by atoms with Gasteiger partial charge in [-0.3, -0.25) is 4.79 Å². The Bertz CT molecular complexity index is 408. The van der Waals surface area contributed by atoms with Crippen molar-refractivity contribution in [2.24, 2.45) is 5.73 Å². The van der Waals surface area contributed by atoms with Gasteiger partial charge in [0.25, 0.3) is 0 Å². The average molecular weight is 264 g/mol. The van der Waals surface area contributed by atoms with Crippen molar-refractivity contribution in [1.29, 1.82) is 0 Å². The smallest absolute Gasteiger partial charge is 0.225 e. The fraction of sp³-hybridized carbons (Fsp3) is 0.571. The molecule has 5 heteroatoms. The fourth-order valence-corrected chi connectivity index (χ4v) is 1.95. The molecule has 0 atom stereocenters. The van der Waals surface area contributed by atoms with Crippen LogP contribution in [0, 0.1) is 0 Å². The molecule has 5 nitrogen and oxygen atoms in total. The van der Waals surface area contributed by atoms with Gasteiger partial charge in [0.15, 0.2) is 0 Å². The SMILES string of the molecule is CCN(c1ccc(NC(=O)CCN)cn1)C(C)(C)C. The molecule has 106 valence electrons. The summed E-state index contributed by atoms with van der Waals surface area (Å²) in [6, 6.07) is 3.79. The van der Waals surface area contributed by atoms with Crippen LogP contribution in [0.2, 0.25) is 0 Å². The van der Waals surface area contributed by atoms with Crippen molar-refractivity contribution in [2.75, 3.05) is 23.3 Å². The van der Waals surface area contributed by atoms with Crippen LogP contribution in [0.5, 0.6) is 0 Å². The molecule has 0 unspecified atom stereocenters. The molecule has 0 spiro atoms. The second-order valence-corrected chi connectivity index (χ2v) is 5.41. The molecule has 0 fully saturated rings. The molecule has 1 amide bonds. The van der Waals surface area contributed by atoms with Crippen LogP contribution in [0.3, 0.4) is 0 Å². The minimum atomic E-state index is -0.0831. The molecule has 0 aromatic carbocycles. The number of rotatable bonds is 5. The van der Waals surface area contributed by atoms with Crippen molar-refractivity contribution in [3.63, 3.8) is 0 Å². The van der Waals surface area contributed by atoms with Gasteiger partial charge in [0.05, 0.1) is 11.9 Å². The molecule has 19 heavy (non-hydrogen) atoms. The Morgan fingerprint density at radius 1 is 1.42 bits per heavy atom. The van der Waals surface area contributed by atoms with Gasteiger partial charge in [-0.25, -0.2) is 4.98 Å². The zero-order chi connectivity index (χ0) is 14.5. The lowest BCUT2D eigenvalue weighted by Gasteiger charge is -2.35. The summed E-state index contributed by atoms with van der Waals surface area (Å²) >= 11 is 0. The summed E-state index contributed by atoms with van der Waals surface area (Å²) in [5.41, 5.74) is 6.05. The largest absolute Gasteiger partial charge is 0.352 e. The average Bonchev–Trinajstić information content (AvgIpc) is 2.30. The van der Waals surface area contributed by atoms with Crippen LogP contribution >= 0.6 is 0 Å². The van der Waals surface area contributed by atoms with Crippen molar-refractivity contribution in [2.45, 2.75) is 39.7 Å². The molecule has 0 aliphatic carbocycles. The van der Waals surface area contributed by atoms with E-state index < -0.39 is 0 Å². The zero-order valence-corrected chi connectivity index (χ0v) is 12.2. The number of nitrogens with two attached hydrogens (primary N) is 1. The predicted molar refractivity (Wildman–Crippen MR) is 79.3 cm³/mol. The molecular weight excluding hydrogens is 240 g/mol. The molecule has 0 radical (unpaired) electrons. The maximum absolute atomic E-state index is 11.4. The maximum atomic E-state index is 11.4. The highest BCUT2D eigenvalue weighted by molar-refractivity contribution is 5.90. The summed E-state index contributed by atoms with van der Waals surface area (Å²) < 4.78 is 0. The summed E-state index contributed by atoms with van der Waals surface area (Å²) in [4.78, 5) is 18.0. The number of hydrogen-bond acceptors (Lipinski definition) is 4. The topological polar surface area (TPSA) is 71.2 Å². The lowest BCUT2D eigenvalue weighted by Crippen LogP contribution is -2.41. The lowest BCUT2D eigenvalue weighted by atomic mass is 10.1. The monoisotopic (exact) mass is 264 g/mol. The highest BCUT2D eigenvalue weighted by atomic mass is 16.1. The molecule has 1 aromatic heterocycles. The quantitative estimate of drug-likeness (QED) is 0.853. The molecule has 0 aliphatic rings. The number of nitrogens with one attached hydrogen (secondary N) is 1. The Morgan fingerprint density at radius 3 is 2.53 bits per heavy atom. The van der Waals surface area contributed by atoms with Gasteiger partial charge in [-0.2, -0.15) is 0 Å². The Morgan fingerprint density at radius 2 is 2.11 bits per heavy atom. The molecule has 0 bridgehead atoms. The first-order valence-corrected chi connectivity index (χ1v) is 6.62. The third-order valence-electron chi connectivity index (χ3n) is 2.81. The van der Waals surface area contributed by atoms with Crippen molar-refractivity contribution < 1.29 is 4.79 Å². The first-order chi connectivity index (χ1) is 8.88. The van der Waals surface area contributed by atoms with Gasteiger partial charge < -0.3 is 16.0 Å². The van der Waals surface area contributed by atoms with E-state index in [2.05, 4.69) is 42.9 Å². The Labute approximate surface area is 115 Å². The van der Waals surface area contributed by atoms with Crippen LogP contribution in [-0.4, -0.2) is 29.5 Å². The third-order valence-corrected chi connectivity index (χ3v) is 2.81. The minimum absolute atomic E-state index is 0.0199. The summed E-state index contributed by atoms with van der Waals surface area (Å²) in [6.07, 6.45) is 2.00. The Balaban J connectivity index is 2.78. The van der Waals surface area contributed by atoms with Gasteiger partial charge in [-0.15, -0.1) is 0 Å². The summed E-state index contributed by atoms with van der Waals surface area (Å²) in [6.45, 7) is 9.78. The molecule has 1 rings (SSSR count). The first-order valence-electron chi connectivity index (χ1n) is 6.62. The van der Waals surface area contributed by atoms with Crippen LogP contribution in [0.25, 0.3) is 0 Å². The van der Waals surface area contributed by atoms with E-state index in [1.54, 1.807) is 6.20 Å². The van der Waals surface area contributed by atoms with Gasteiger partial charge in [0, 0.05) is 25.0 Å². The van der Waals surface area contributed by atoms with E-state index in [1.165, 1.54) is 0 Å². The van der Waals surface area contributed by atoms with Crippen LogP contribution in [0.4, 0.5) is 11.5 Å². The Kier molecular flexibility index (Phi) is 5.30. The van der Waals surface area contributed by atoms with E-state index in [0.29, 0.717) is 18.7 Å². The number of carbonyl (C=O) groups excluding carboxylic acids is 1. The van der Waals surface area contributed by atoms with Gasteiger partial charge in [-0.1, -0.05) is 0 Å². The summed E-state index contributed by atoms with van der Waals surface area (Å²) in [7, 11) is 0. The van der Waals surface area contributed by atoms with E-state index in [1.807, 2.05) is 12.1 Å². The summed E-state index contributed by atoms with van der Waals surface area (Å²) in [5.74, 6) is 0.826. The van der Waals surface area contributed by atoms with Crippen LogP contribution in [0.15, 0.2) is 18.3 Å². The number of carbonyl (C=O) groups is 1. The molecule has 0 saturated heterocycles. The fourth-order valence-electron chi connectivity index (χ4n) is 1.95. The highest BCUT2D eigenvalue weighted by Gasteiger charge is 2.20. The van der Waals surface area contributed by atoms with Gasteiger partial charge in [-0.05, 0) is 39.8 Å². The van der Waals surface area contributed by atoms with Crippen molar-refractivity contribution >= 4 is 17.4 Å². The van der Waals surface area contributed by atoms with E-state index >= 15 is 0 Å². The van der Waals surface area contributed by atoms with Crippen molar-refractivity contribution in [3.8, 4) is 0 Å². The molecule has 0 aliphatic heterocycles. The van der Waals surface area contributed by atoms with E-state index in [0.717, 1.165) is 12.4 Å². The molecule has 3 N–H and O–H groups in total. The second-order valence-electron chi connectivity index (χ2n) is 5.41. The standard InChI is InChI=1S/C14H24N4O/c1-5-18(14(2,3)4)12-7-6-11(10-16-12)17-13(19)8-9-15/h6-7,10H,5,8-9,15H2,1-4H3,(H,17,19). The first kappa shape index (κ1) is 15.4. The van der Waals surface area contributed by atoms with E-state index in [-0.39, 0.29) is 11.4 Å². The number of nitrogens with zero attached hydrogens (tertiary/aromatic N) is 2. The predicted octanol–water partition coefficient (Wildman–Crippen LogP) is 1.99. The normalized spacial score (nSPS) is 11.2. The van der Waals surface area contributed by atoms with Gasteiger partial charge in [0.2, 0.25) is 5.91 Å². The van der Waals surface area contributed by atoms with Gasteiger partial charge in [0.1, 0.15) is 5.82 Å². The number of anilines is 2. The zero-order valence-electron chi connectivity index (χ0n) is 12.2. The number of hydrogen-bond donors (Lipinski definition) is 2. The highest BCUT2D eigenvalue weighted by Crippen LogP contribution is 2.22. The van der Waals surface area contributed by atoms with Crippen LogP contribution in [0.1, 0.15) is 34.1 Å². The number of pyridine rings is 1. The van der Waals surface area contributed by atoms with Crippen molar-refractivity contribution in [1.82, 2.24) is 4.98 Å². The van der Waals surface area contributed by atoms with Gasteiger partial charge >= 0.3 is 0 Å².